The summed E-state index contributed by atoms with van der Waals surface area (Å²) in [5.41, 5.74) is 2.44. The Hall–Kier alpha value is -0.580. The third-order valence-electron chi connectivity index (χ3n) is 2.91. The fraction of sp³-hybridized carbons (Fsp3) is 0.600. The SMILES string of the molecule is COCCNCCCCOc1cc(C)c(Br)c(C)c1. The van der Waals surface area contributed by atoms with Gasteiger partial charge in [-0.05, 0) is 56.5 Å². The molecule has 19 heavy (non-hydrogen) atoms. The Morgan fingerprint density at radius 1 is 1.05 bits per heavy atom. The molecule has 0 aromatic heterocycles. The van der Waals surface area contributed by atoms with Crippen LogP contribution in [0.3, 0.4) is 0 Å². The van der Waals surface area contributed by atoms with E-state index in [1.165, 1.54) is 15.6 Å². The van der Waals surface area contributed by atoms with Gasteiger partial charge in [-0.1, -0.05) is 15.9 Å². The summed E-state index contributed by atoms with van der Waals surface area (Å²) in [4.78, 5) is 0. The molecule has 0 aliphatic carbocycles. The van der Waals surface area contributed by atoms with Gasteiger partial charge in [-0.3, -0.25) is 0 Å². The number of aryl methyl sites for hydroxylation is 2. The number of hydrogen-bond acceptors (Lipinski definition) is 3. The van der Waals surface area contributed by atoms with Crippen LogP contribution in [0.1, 0.15) is 24.0 Å². The van der Waals surface area contributed by atoms with Crippen LogP contribution in [0.15, 0.2) is 16.6 Å². The highest BCUT2D eigenvalue weighted by Crippen LogP contribution is 2.26. The summed E-state index contributed by atoms with van der Waals surface area (Å²) < 4.78 is 11.9. The van der Waals surface area contributed by atoms with Gasteiger partial charge in [0.05, 0.1) is 13.2 Å². The minimum Gasteiger partial charge on any atom is -0.494 e. The second-order valence-electron chi connectivity index (χ2n) is 4.67. The second kappa shape index (κ2) is 9.34. The van der Waals surface area contributed by atoms with Crippen LogP contribution in [0.5, 0.6) is 5.75 Å². The van der Waals surface area contributed by atoms with E-state index in [0.717, 1.165) is 44.9 Å². The van der Waals surface area contributed by atoms with E-state index in [-0.39, 0.29) is 0 Å². The summed E-state index contributed by atoms with van der Waals surface area (Å²) in [7, 11) is 1.72. The van der Waals surface area contributed by atoms with Gasteiger partial charge in [-0.2, -0.15) is 0 Å². The predicted molar refractivity (Wildman–Crippen MR) is 83.1 cm³/mol. The molecule has 0 spiro atoms. The van der Waals surface area contributed by atoms with Gasteiger partial charge in [0.15, 0.2) is 0 Å². The van der Waals surface area contributed by atoms with Crippen LogP contribution in [0.4, 0.5) is 0 Å². The van der Waals surface area contributed by atoms with Crippen molar-refractivity contribution in [2.24, 2.45) is 0 Å². The second-order valence-corrected chi connectivity index (χ2v) is 5.46. The number of rotatable bonds is 9. The number of hydrogen-bond donors (Lipinski definition) is 1. The molecule has 0 atom stereocenters. The van der Waals surface area contributed by atoms with Crippen LogP contribution in [0.2, 0.25) is 0 Å². The van der Waals surface area contributed by atoms with E-state index in [1.807, 2.05) is 0 Å². The highest BCUT2D eigenvalue weighted by atomic mass is 79.9. The number of halogens is 1. The summed E-state index contributed by atoms with van der Waals surface area (Å²) in [6.45, 7) is 7.65. The van der Waals surface area contributed by atoms with E-state index in [2.05, 4.69) is 47.2 Å². The highest BCUT2D eigenvalue weighted by molar-refractivity contribution is 9.10. The van der Waals surface area contributed by atoms with Crippen molar-refractivity contribution in [3.8, 4) is 5.75 Å². The molecule has 0 aliphatic rings. The molecule has 0 aliphatic heterocycles. The van der Waals surface area contributed by atoms with Gasteiger partial charge >= 0.3 is 0 Å². The molecule has 108 valence electrons. The molecule has 0 saturated carbocycles. The van der Waals surface area contributed by atoms with Crippen molar-refractivity contribution in [1.29, 1.82) is 0 Å². The van der Waals surface area contributed by atoms with Crippen LogP contribution in [0.25, 0.3) is 0 Å². The van der Waals surface area contributed by atoms with Crippen LogP contribution in [0, 0.1) is 13.8 Å². The monoisotopic (exact) mass is 329 g/mol. The maximum Gasteiger partial charge on any atom is 0.119 e. The first-order valence-corrected chi connectivity index (χ1v) is 7.53. The Morgan fingerprint density at radius 2 is 1.74 bits per heavy atom. The summed E-state index contributed by atoms with van der Waals surface area (Å²) in [5.74, 6) is 0.963. The zero-order valence-corrected chi connectivity index (χ0v) is 13.7. The molecular weight excluding hydrogens is 306 g/mol. The van der Waals surface area contributed by atoms with E-state index in [9.17, 15) is 0 Å². The molecule has 0 unspecified atom stereocenters. The molecule has 0 amide bonds. The number of ether oxygens (including phenoxy) is 2. The van der Waals surface area contributed by atoms with Gasteiger partial charge in [0, 0.05) is 18.1 Å². The smallest absolute Gasteiger partial charge is 0.119 e. The molecule has 1 rings (SSSR count). The number of methoxy groups -OCH3 is 1. The van der Waals surface area contributed by atoms with Crippen LogP contribution in [-0.2, 0) is 4.74 Å². The first kappa shape index (κ1) is 16.5. The molecule has 1 aromatic carbocycles. The van der Waals surface area contributed by atoms with Gasteiger partial charge in [0.1, 0.15) is 5.75 Å². The Balaban J connectivity index is 2.16. The van der Waals surface area contributed by atoms with E-state index < -0.39 is 0 Å². The fourth-order valence-electron chi connectivity index (χ4n) is 1.83. The lowest BCUT2D eigenvalue weighted by Gasteiger charge is -2.10. The van der Waals surface area contributed by atoms with Crippen molar-refractivity contribution in [2.75, 3.05) is 33.4 Å². The van der Waals surface area contributed by atoms with Crippen molar-refractivity contribution in [3.63, 3.8) is 0 Å². The quantitative estimate of drug-likeness (QED) is 0.704. The standard InChI is InChI=1S/C15H24BrNO2/c1-12-10-14(11-13(2)15(12)16)19-8-5-4-6-17-7-9-18-3/h10-11,17H,4-9H2,1-3H3. The summed E-state index contributed by atoms with van der Waals surface area (Å²) >= 11 is 3.56. The molecule has 0 bridgehead atoms. The van der Waals surface area contributed by atoms with Crippen molar-refractivity contribution in [1.82, 2.24) is 5.32 Å². The highest BCUT2D eigenvalue weighted by Gasteiger charge is 2.02. The average molecular weight is 330 g/mol. The third kappa shape index (κ3) is 6.41. The zero-order chi connectivity index (χ0) is 14.1. The zero-order valence-electron chi connectivity index (χ0n) is 12.1. The van der Waals surface area contributed by atoms with Crippen LogP contribution >= 0.6 is 15.9 Å². The van der Waals surface area contributed by atoms with Crippen molar-refractivity contribution >= 4 is 15.9 Å². The summed E-state index contributed by atoms with van der Waals surface area (Å²) in [6, 6.07) is 4.15. The molecule has 0 radical (unpaired) electrons. The fourth-order valence-corrected chi connectivity index (χ4v) is 2.06. The lowest BCUT2D eigenvalue weighted by molar-refractivity contribution is 0.199. The molecule has 4 heteroatoms. The van der Waals surface area contributed by atoms with Crippen LogP contribution in [-0.4, -0.2) is 33.4 Å². The van der Waals surface area contributed by atoms with Gasteiger partial charge in [0.25, 0.3) is 0 Å². The molecule has 1 N–H and O–H groups in total. The van der Waals surface area contributed by atoms with Crippen molar-refractivity contribution < 1.29 is 9.47 Å². The predicted octanol–water partition coefficient (Wildman–Crippen LogP) is 3.46. The summed E-state index contributed by atoms with van der Waals surface area (Å²) in [5, 5.41) is 3.32. The van der Waals surface area contributed by atoms with E-state index in [0.29, 0.717) is 0 Å². The average Bonchev–Trinajstić information content (AvgIpc) is 2.39. The van der Waals surface area contributed by atoms with E-state index in [4.69, 9.17) is 9.47 Å². The van der Waals surface area contributed by atoms with Crippen LogP contribution < -0.4 is 10.1 Å². The minimum absolute atomic E-state index is 0.770. The number of unbranched alkanes of at least 4 members (excludes halogenated alkanes) is 1. The molecular formula is C15H24BrNO2. The lowest BCUT2D eigenvalue weighted by atomic mass is 10.1. The number of benzene rings is 1. The Morgan fingerprint density at radius 3 is 2.37 bits per heavy atom. The molecule has 0 heterocycles. The Bertz CT molecular complexity index is 359. The van der Waals surface area contributed by atoms with E-state index >= 15 is 0 Å². The first-order valence-electron chi connectivity index (χ1n) is 6.74. The first-order chi connectivity index (χ1) is 9.15. The Labute approximate surface area is 124 Å². The maximum atomic E-state index is 5.78. The van der Waals surface area contributed by atoms with Gasteiger partial charge < -0.3 is 14.8 Å². The van der Waals surface area contributed by atoms with Crippen molar-refractivity contribution in [2.45, 2.75) is 26.7 Å². The van der Waals surface area contributed by atoms with Gasteiger partial charge in [0.2, 0.25) is 0 Å². The molecule has 1 aromatic rings. The van der Waals surface area contributed by atoms with Gasteiger partial charge in [-0.25, -0.2) is 0 Å². The third-order valence-corrected chi connectivity index (χ3v) is 4.16. The molecule has 0 fully saturated rings. The Kier molecular flexibility index (Phi) is 8.10. The number of nitrogens with one attached hydrogen (secondary N) is 1. The summed E-state index contributed by atoms with van der Waals surface area (Å²) in [6.07, 6.45) is 2.19. The normalized spacial score (nSPS) is 10.7. The lowest BCUT2D eigenvalue weighted by Crippen LogP contribution is -2.20. The van der Waals surface area contributed by atoms with Crippen molar-refractivity contribution in [3.05, 3.63) is 27.7 Å². The molecule has 3 nitrogen and oxygen atoms in total. The minimum atomic E-state index is 0.770. The maximum absolute atomic E-state index is 5.78. The van der Waals surface area contributed by atoms with Gasteiger partial charge in [-0.15, -0.1) is 0 Å². The molecule has 0 saturated heterocycles. The topological polar surface area (TPSA) is 30.5 Å². The van der Waals surface area contributed by atoms with E-state index in [1.54, 1.807) is 7.11 Å². The largest absolute Gasteiger partial charge is 0.494 e.